The van der Waals surface area contributed by atoms with Gasteiger partial charge in [-0.05, 0) is 63.1 Å². The van der Waals surface area contributed by atoms with Gasteiger partial charge in [-0.25, -0.2) is 0 Å². The average Bonchev–Trinajstić information content (AvgIpc) is 2.77. The van der Waals surface area contributed by atoms with Gasteiger partial charge in [0.2, 0.25) is 0 Å². The Hall–Kier alpha value is -3.06. The minimum absolute atomic E-state index is 0.103. The number of hydrogen-bond acceptors (Lipinski definition) is 5. The number of anilines is 1. The number of carbonyl (C=O) groups excluding carboxylic acids is 3. The summed E-state index contributed by atoms with van der Waals surface area (Å²) < 4.78 is 11.0. The highest BCUT2D eigenvalue weighted by Crippen LogP contribution is 2.27. The second-order valence-electron chi connectivity index (χ2n) is 7.18. The SMILES string of the molecule is CCN(CC)C(=O)COc1ccc(NC(=O)COc2ccc(CCC(C)=O)cc2)cc1Cl. The normalized spacial score (nSPS) is 10.4. The number of hydrogen-bond donors (Lipinski definition) is 1. The van der Waals surface area contributed by atoms with E-state index >= 15 is 0 Å². The number of ether oxygens (including phenoxy) is 2. The number of Topliss-reactive ketones (excluding diaryl/α,β-unsaturated/α-hetero) is 1. The van der Waals surface area contributed by atoms with Crippen LogP contribution in [0.15, 0.2) is 42.5 Å². The molecular formula is C24H29ClN2O5. The van der Waals surface area contributed by atoms with Crippen molar-refractivity contribution < 1.29 is 23.9 Å². The van der Waals surface area contributed by atoms with E-state index in [-0.39, 0.29) is 35.8 Å². The summed E-state index contributed by atoms with van der Waals surface area (Å²) in [4.78, 5) is 37.0. The number of halogens is 1. The molecule has 172 valence electrons. The predicted molar refractivity (Wildman–Crippen MR) is 124 cm³/mol. The monoisotopic (exact) mass is 460 g/mol. The molecule has 7 nitrogen and oxygen atoms in total. The van der Waals surface area contributed by atoms with Crippen molar-refractivity contribution in [3.8, 4) is 11.5 Å². The Balaban J connectivity index is 1.82. The highest BCUT2D eigenvalue weighted by Gasteiger charge is 2.12. The molecule has 0 radical (unpaired) electrons. The number of nitrogens with one attached hydrogen (secondary N) is 1. The van der Waals surface area contributed by atoms with Crippen LogP contribution in [0.2, 0.25) is 5.02 Å². The quantitative estimate of drug-likeness (QED) is 0.515. The summed E-state index contributed by atoms with van der Waals surface area (Å²) in [6.07, 6.45) is 1.18. The van der Waals surface area contributed by atoms with Crippen LogP contribution in [0.25, 0.3) is 0 Å². The van der Waals surface area contributed by atoms with Crippen molar-refractivity contribution in [1.29, 1.82) is 0 Å². The zero-order valence-electron chi connectivity index (χ0n) is 18.7. The van der Waals surface area contributed by atoms with Gasteiger partial charge in [0, 0.05) is 25.2 Å². The van der Waals surface area contributed by atoms with Crippen molar-refractivity contribution in [1.82, 2.24) is 4.90 Å². The Kier molecular flexibility index (Phi) is 10.0. The minimum Gasteiger partial charge on any atom is -0.484 e. The minimum atomic E-state index is -0.341. The third-order valence-electron chi connectivity index (χ3n) is 4.74. The van der Waals surface area contributed by atoms with Gasteiger partial charge in [-0.3, -0.25) is 9.59 Å². The fourth-order valence-electron chi connectivity index (χ4n) is 2.92. The van der Waals surface area contributed by atoms with Crippen molar-refractivity contribution in [2.45, 2.75) is 33.6 Å². The van der Waals surface area contributed by atoms with Crippen LogP contribution in [0.4, 0.5) is 5.69 Å². The summed E-state index contributed by atoms with van der Waals surface area (Å²) in [5.41, 5.74) is 1.53. The molecule has 0 aliphatic carbocycles. The number of carbonyl (C=O) groups is 3. The molecule has 0 saturated carbocycles. The Morgan fingerprint density at radius 2 is 1.66 bits per heavy atom. The molecule has 2 aromatic rings. The largest absolute Gasteiger partial charge is 0.484 e. The van der Waals surface area contributed by atoms with E-state index in [2.05, 4.69) is 5.32 Å². The summed E-state index contributed by atoms with van der Waals surface area (Å²) in [6, 6.07) is 12.1. The van der Waals surface area contributed by atoms with Crippen LogP contribution < -0.4 is 14.8 Å². The molecule has 0 unspecified atom stereocenters. The molecule has 0 aromatic heterocycles. The van der Waals surface area contributed by atoms with Gasteiger partial charge in [-0.1, -0.05) is 23.7 Å². The number of aryl methyl sites for hydroxylation is 1. The van der Waals surface area contributed by atoms with Crippen LogP contribution in [0.5, 0.6) is 11.5 Å². The summed E-state index contributed by atoms with van der Waals surface area (Å²) in [7, 11) is 0. The smallest absolute Gasteiger partial charge is 0.262 e. The fraction of sp³-hybridized carbons (Fsp3) is 0.375. The second kappa shape index (κ2) is 12.7. The van der Waals surface area contributed by atoms with Gasteiger partial charge in [-0.15, -0.1) is 0 Å². The molecule has 2 amide bonds. The third kappa shape index (κ3) is 8.23. The molecule has 0 fully saturated rings. The lowest BCUT2D eigenvalue weighted by atomic mass is 10.1. The van der Waals surface area contributed by atoms with Crippen molar-refractivity contribution in [2.24, 2.45) is 0 Å². The first-order valence-electron chi connectivity index (χ1n) is 10.5. The zero-order chi connectivity index (χ0) is 23.5. The van der Waals surface area contributed by atoms with Gasteiger partial charge in [0.05, 0.1) is 5.02 Å². The first kappa shape index (κ1) is 25.2. The van der Waals surface area contributed by atoms with Crippen LogP contribution in [-0.2, 0) is 20.8 Å². The van der Waals surface area contributed by atoms with Crippen LogP contribution >= 0.6 is 11.6 Å². The van der Waals surface area contributed by atoms with E-state index in [1.807, 2.05) is 26.0 Å². The standard InChI is InChI=1S/C24H29ClN2O5/c1-4-27(5-2)24(30)16-32-22-13-10-19(14-21(22)25)26-23(29)15-31-20-11-8-18(9-12-20)7-6-17(3)28/h8-14H,4-7,15-16H2,1-3H3,(H,26,29). The lowest BCUT2D eigenvalue weighted by molar-refractivity contribution is -0.133. The molecule has 0 heterocycles. The van der Waals surface area contributed by atoms with Crippen LogP contribution in [0, 0.1) is 0 Å². The van der Waals surface area contributed by atoms with E-state index in [0.29, 0.717) is 43.1 Å². The fourth-order valence-corrected chi connectivity index (χ4v) is 3.16. The maximum absolute atomic E-state index is 12.2. The molecule has 2 rings (SSSR count). The van der Waals surface area contributed by atoms with E-state index in [1.54, 1.807) is 42.2 Å². The van der Waals surface area contributed by atoms with Crippen molar-refractivity contribution in [2.75, 3.05) is 31.6 Å². The van der Waals surface area contributed by atoms with E-state index < -0.39 is 0 Å². The van der Waals surface area contributed by atoms with Gasteiger partial charge < -0.3 is 24.5 Å². The first-order valence-corrected chi connectivity index (χ1v) is 10.9. The number of benzene rings is 2. The number of likely N-dealkylation sites (N-methyl/N-ethyl adjacent to an activating group) is 1. The lowest BCUT2D eigenvalue weighted by Gasteiger charge is -2.19. The molecular weight excluding hydrogens is 432 g/mol. The number of rotatable bonds is 12. The molecule has 1 N–H and O–H groups in total. The second-order valence-corrected chi connectivity index (χ2v) is 7.59. The van der Waals surface area contributed by atoms with Gasteiger partial charge in [0.25, 0.3) is 11.8 Å². The summed E-state index contributed by atoms with van der Waals surface area (Å²) in [5, 5.41) is 3.00. The Morgan fingerprint density at radius 3 is 2.25 bits per heavy atom. The van der Waals surface area contributed by atoms with Gasteiger partial charge in [0.1, 0.15) is 17.3 Å². The summed E-state index contributed by atoms with van der Waals surface area (Å²) >= 11 is 6.22. The van der Waals surface area contributed by atoms with Gasteiger partial charge >= 0.3 is 0 Å². The van der Waals surface area contributed by atoms with Gasteiger partial charge in [-0.2, -0.15) is 0 Å². The average molecular weight is 461 g/mol. The number of nitrogens with zero attached hydrogens (tertiary/aromatic N) is 1. The van der Waals surface area contributed by atoms with Crippen molar-refractivity contribution in [3.63, 3.8) is 0 Å². The molecule has 0 bridgehead atoms. The Morgan fingerprint density at radius 1 is 0.969 bits per heavy atom. The van der Waals surface area contributed by atoms with E-state index in [4.69, 9.17) is 21.1 Å². The Bertz CT molecular complexity index is 926. The molecule has 0 saturated heterocycles. The highest BCUT2D eigenvalue weighted by molar-refractivity contribution is 6.32. The first-order chi connectivity index (χ1) is 15.3. The zero-order valence-corrected chi connectivity index (χ0v) is 19.4. The van der Waals surface area contributed by atoms with E-state index in [1.165, 1.54) is 0 Å². The molecule has 2 aromatic carbocycles. The van der Waals surface area contributed by atoms with Crippen LogP contribution in [0.1, 0.15) is 32.8 Å². The lowest BCUT2D eigenvalue weighted by Crippen LogP contribution is -2.34. The van der Waals surface area contributed by atoms with E-state index in [0.717, 1.165) is 5.56 Å². The van der Waals surface area contributed by atoms with Crippen LogP contribution in [-0.4, -0.2) is 48.8 Å². The van der Waals surface area contributed by atoms with Crippen LogP contribution in [0.3, 0.4) is 0 Å². The molecule has 32 heavy (non-hydrogen) atoms. The maximum Gasteiger partial charge on any atom is 0.262 e. The summed E-state index contributed by atoms with van der Waals surface area (Å²) in [6.45, 7) is 6.34. The molecule has 8 heteroatoms. The maximum atomic E-state index is 12.2. The topological polar surface area (TPSA) is 84.9 Å². The molecule has 0 aliphatic rings. The van der Waals surface area contributed by atoms with E-state index in [9.17, 15) is 14.4 Å². The van der Waals surface area contributed by atoms with Gasteiger partial charge in [0.15, 0.2) is 13.2 Å². The van der Waals surface area contributed by atoms with Crippen molar-refractivity contribution in [3.05, 3.63) is 53.1 Å². The number of ketones is 1. The predicted octanol–water partition coefficient (Wildman–Crippen LogP) is 4.13. The molecule has 0 spiro atoms. The molecule has 0 atom stereocenters. The Labute approximate surface area is 193 Å². The molecule has 0 aliphatic heterocycles. The number of amides is 2. The highest BCUT2D eigenvalue weighted by atomic mass is 35.5. The summed E-state index contributed by atoms with van der Waals surface area (Å²) in [5.74, 6) is 0.618. The van der Waals surface area contributed by atoms with Crippen molar-refractivity contribution >= 4 is 34.9 Å². The third-order valence-corrected chi connectivity index (χ3v) is 5.04.